The number of benzene rings is 1. The highest BCUT2D eigenvalue weighted by molar-refractivity contribution is 6.01. The molecule has 1 saturated heterocycles. The molecule has 0 aliphatic carbocycles. The van der Waals surface area contributed by atoms with Gasteiger partial charge in [0.15, 0.2) is 0 Å². The van der Waals surface area contributed by atoms with Crippen LogP contribution in [0.25, 0.3) is 0 Å². The Balaban J connectivity index is 2.30. The van der Waals surface area contributed by atoms with Crippen molar-refractivity contribution in [2.45, 2.75) is 25.3 Å². The summed E-state index contributed by atoms with van der Waals surface area (Å²) in [5.74, 6) is -0.481. The summed E-state index contributed by atoms with van der Waals surface area (Å²) in [6, 6.07) is 5.15. The second-order valence-corrected chi connectivity index (χ2v) is 4.98. The Morgan fingerprint density at radius 1 is 1.50 bits per heavy atom. The van der Waals surface area contributed by atoms with Gasteiger partial charge in [0.2, 0.25) is 0 Å². The van der Waals surface area contributed by atoms with Crippen LogP contribution in [-0.2, 0) is 4.74 Å². The molecular weight excluding hydrogens is 230 g/mol. The molecule has 1 aromatic carbocycles. The molecule has 5 heteroatoms. The molecule has 1 atom stereocenters. The summed E-state index contributed by atoms with van der Waals surface area (Å²) < 4.78 is 5.48. The number of nitrogens with one attached hydrogen (secondary N) is 1. The third kappa shape index (κ3) is 2.56. The molecule has 1 heterocycles. The maximum absolute atomic E-state index is 11.4. The number of carbonyl (C=O) groups is 1. The lowest BCUT2D eigenvalue weighted by atomic mass is 9.93. The van der Waals surface area contributed by atoms with Gasteiger partial charge in [-0.25, -0.2) is 0 Å². The first-order valence-corrected chi connectivity index (χ1v) is 6.06. The highest BCUT2D eigenvalue weighted by Gasteiger charge is 2.29. The first kappa shape index (κ1) is 12.7. The first-order chi connectivity index (χ1) is 8.52. The van der Waals surface area contributed by atoms with Crippen LogP contribution in [0.5, 0.6) is 0 Å². The predicted molar refractivity (Wildman–Crippen MR) is 71.5 cm³/mol. The Hall–Kier alpha value is -1.75. The van der Waals surface area contributed by atoms with Gasteiger partial charge in [0.05, 0.1) is 29.1 Å². The van der Waals surface area contributed by atoms with E-state index >= 15 is 0 Å². The van der Waals surface area contributed by atoms with Gasteiger partial charge in [-0.2, -0.15) is 0 Å². The van der Waals surface area contributed by atoms with Gasteiger partial charge in [0.25, 0.3) is 5.91 Å². The first-order valence-electron chi connectivity index (χ1n) is 6.06. The maximum Gasteiger partial charge on any atom is 0.250 e. The van der Waals surface area contributed by atoms with Gasteiger partial charge in [0.1, 0.15) is 0 Å². The molecule has 1 aliphatic heterocycles. The predicted octanol–water partition coefficient (Wildman–Crippen LogP) is 1.35. The highest BCUT2D eigenvalue weighted by atomic mass is 16.5. The van der Waals surface area contributed by atoms with Crippen molar-refractivity contribution >= 4 is 17.3 Å². The van der Waals surface area contributed by atoms with Crippen LogP contribution in [-0.4, -0.2) is 24.7 Å². The van der Waals surface area contributed by atoms with Gasteiger partial charge in [-0.1, -0.05) is 6.07 Å². The zero-order valence-electron chi connectivity index (χ0n) is 10.5. The lowest BCUT2D eigenvalue weighted by molar-refractivity contribution is 0.0540. The van der Waals surface area contributed by atoms with E-state index in [0.717, 1.165) is 19.4 Å². The van der Waals surface area contributed by atoms with E-state index in [1.807, 2.05) is 0 Å². The van der Waals surface area contributed by atoms with Gasteiger partial charge >= 0.3 is 0 Å². The summed E-state index contributed by atoms with van der Waals surface area (Å²) in [5.41, 5.74) is 12.6. The fourth-order valence-corrected chi connectivity index (χ4v) is 2.25. The monoisotopic (exact) mass is 249 g/mol. The van der Waals surface area contributed by atoms with Crippen LogP contribution in [0.2, 0.25) is 0 Å². The minimum atomic E-state index is -0.481. The molecule has 0 aromatic heterocycles. The van der Waals surface area contributed by atoms with Crippen LogP contribution in [0.4, 0.5) is 11.4 Å². The van der Waals surface area contributed by atoms with Crippen LogP contribution in [0.3, 0.4) is 0 Å². The van der Waals surface area contributed by atoms with E-state index in [0.29, 0.717) is 23.5 Å². The minimum Gasteiger partial charge on any atom is -0.397 e. The molecule has 98 valence electrons. The number of primary amides is 1. The summed E-state index contributed by atoms with van der Waals surface area (Å²) >= 11 is 0. The van der Waals surface area contributed by atoms with Crippen molar-refractivity contribution in [1.82, 2.24) is 0 Å². The van der Waals surface area contributed by atoms with Gasteiger partial charge < -0.3 is 21.5 Å². The normalized spacial score (nSPS) is 23.6. The Kier molecular flexibility index (Phi) is 3.43. The highest BCUT2D eigenvalue weighted by Crippen LogP contribution is 2.30. The van der Waals surface area contributed by atoms with Crippen LogP contribution < -0.4 is 16.8 Å². The number of nitrogen functional groups attached to an aromatic ring is 1. The molecular formula is C13H19N3O2. The largest absolute Gasteiger partial charge is 0.397 e. The Morgan fingerprint density at radius 3 is 2.89 bits per heavy atom. The third-order valence-electron chi connectivity index (χ3n) is 3.23. The molecule has 0 spiro atoms. The zero-order valence-corrected chi connectivity index (χ0v) is 10.5. The van der Waals surface area contributed by atoms with E-state index in [1.54, 1.807) is 18.2 Å². The molecule has 5 nitrogen and oxygen atoms in total. The molecule has 1 aliphatic rings. The molecule has 2 rings (SSSR count). The third-order valence-corrected chi connectivity index (χ3v) is 3.23. The molecule has 1 aromatic rings. The van der Waals surface area contributed by atoms with Crippen LogP contribution in [0.15, 0.2) is 18.2 Å². The van der Waals surface area contributed by atoms with Crippen molar-refractivity contribution in [2.75, 3.05) is 24.3 Å². The second kappa shape index (κ2) is 4.86. The van der Waals surface area contributed by atoms with Crippen molar-refractivity contribution in [3.8, 4) is 0 Å². The lowest BCUT2D eigenvalue weighted by Crippen LogP contribution is -2.43. The van der Waals surface area contributed by atoms with E-state index in [9.17, 15) is 4.79 Å². The number of para-hydroxylation sites is 1. The van der Waals surface area contributed by atoms with Crippen molar-refractivity contribution in [2.24, 2.45) is 5.73 Å². The topological polar surface area (TPSA) is 90.4 Å². The molecule has 18 heavy (non-hydrogen) atoms. The van der Waals surface area contributed by atoms with Crippen LogP contribution in [0, 0.1) is 0 Å². The van der Waals surface area contributed by atoms with Gasteiger partial charge in [-0.3, -0.25) is 4.79 Å². The van der Waals surface area contributed by atoms with Crippen molar-refractivity contribution < 1.29 is 9.53 Å². The number of hydrogen-bond acceptors (Lipinski definition) is 4. The van der Waals surface area contributed by atoms with Crippen molar-refractivity contribution in [3.63, 3.8) is 0 Å². The molecule has 1 amide bonds. The fraction of sp³-hybridized carbons (Fsp3) is 0.462. The van der Waals surface area contributed by atoms with Gasteiger partial charge in [-0.05, 0) is 31.9 Å². The standard InChI is InChI=1S/C13H19N3O2/c1-13(6-3-7-18-8-13)16-11-9(12(15)17)4-2-5-10(11)14/h2,4-5,16H,3,6-8,14H2,1H3,(H2,15,17). The second-order valence-electron chi connectivity index (χ2n) is 4.98. The Morgan fingerprint density at radius 2 is 2.28 bits per heavy atom. The summed E-state index contributed by atoms with van der Waals surface area (Å²) in [6.45, 7) is 3.44. The number of ether oxygens (including phenoxy) is 1. The quantitative estimate of drug-likeness (QED) is 0.705. The van der Waals surface area contributed by atoms with Gasteiger partial charge in [-0.15, -0.1) is 0 Å². The van der Waals surface area contributed by atoms with E-state index in [4.69, 9.17) is 16.2 Å². The molecule has 0 radical (unpaired) electrons. The summed E-state index contributed by atoms with van der Waals surface area (Å²) in [4.78, 5) is 11.4. The summed E-state index contributed by atoms with van der Waals surface area (Å²) in [5, 5.41) is 3.32. The number of carbonyl (C=O) groups excluding carboxylic acids is 1. The molecule has 0 saturated carbocycles. The number of amides is 1. The lowest BCUT2D eigenvalue weighted by Gasteiger charge is -2.36. The number of rotatable bonds is 3. The molecule has 1 unspecified atom stereocenters. The van der Waals surface area contributed by atoms with E-state index in [1.165, 1.54) is 0 Å². The molecule has 5 N–H and O–H groups in total. The molecule has 1 fully saturated rings. The molecule has 0 bridgehead atoms. The number of hydrogen-bond donors (Lipinski definition) is 3. The Labute approximate surface area is 106 Å². The van der Waals surface area contributed by atoms with E-state index < -0.39 is 5.91 Å². The SMILES string of the molecule is CC1(Nc2c(N)cccc2C(N)=O)CCCOC1. The van der Waals surface area contributed by atoms with E-state index in [2.05, 4.69) is 12.2 Å². The van der Waals surface area contributed by atoms with Crippen LogP contribution >= 0.6 is 0 Å². The maximum atomic E-state index is 11.4. The average molecular weight is 249 g/mol. The summed E-state index contributed by atoms with van der Waals surface area (Å²) in [7, 11) is 0. The zero-order chi connectivity index (χ0) is 13.2. The average Bonchev–Trinajstić information content (AvgIpc) is 2.32. The minimum absolute atomic E-state index is 0.210. The number of nitrogens with two attached hydrogens (primary N) is 2. The fourth-order valence-electron chi connectivity index (χ4n) is 2.25. The smallest absolute Gasteiger partial charge is 0.250 e. The van der Waals surface area contributed by atoms with Crippen LogP contribution in [0.1, 0.15) is 30.1 Å². The van der Waals surface area contributed by atoms with Crippen molar-refractivity contribution in [3.05, 3.63) is 23.8 Å². The van der Waals surface area contributed by atoms with Crippen molar-refractivity contribution in [1.29, 1.82) is 0 Å². The summed E-state index contributed by atoms with van der Waals surface area (Å²) in [6.07, 6.45) is 1.96. The Bertz CT molecular complexity index is 454. The van der Waals surface area contributed by atoms with E-state index in [-0.39, 0.29) is 5.54 Å². The van der Waals surface area contributed by atoms with Gasteiger partial charge in [0, 0.05) is 6.61 Å². The number of anilines is 2.